The highest BCUT2D eigenvalue weighted by Gasteiger charge is 2.13. The van der Waals surface area contributed by atoms with Gasteiger partial charge in [0, 0.05) is 32.2 Å². The van der Waals surface area contributed by atoms with Crippen molar-refractivity contribution in [3.8, 4) is 0 Å². The van der Waals surface area contributed by atoms with Crippen LogP contribution in [0.25, 0.3) is 0 Å². The lowest BCUT2D eigenvalue weighted by molar-refractivity contribution is 0.0343. The standard InChI is InChI=1S/C15H24N2O/c1-13-4-3-5-15(10-13)11-16-14(2)12-17-6-8-18-9-7-17/h3-5,10,14,16H,6-9,11-12H2,1-2H3. The first-order valence-corrected chi connectivity index (χ1v) is 6.83. The Morgan fingerprint density at radius 2 is 2.11 bits per heavy atom. The van der Waals surface area contributed by atoms with Crippen molar-refractivity contribution in [1.82, 2.24) is 10.2 Å². The summed E-state index contributed by atoms with van der Waals surface area (Å²) in [5.41, 5.74) is 2.69. The van der Waals surface area contributed by atoms with Gasteiger partial charge >= 0.3 is 0 Å². The summed E-state index contributed by atoms with van der Waals surface area (Å²) in [5, 5.41) is 3.59. The van der Waals surface area contributed by atoms with E-state index in [0.29, 0.717) is 6.04 Å². The molecular formula is C15H24N2O. The first kappa shape index (κ1) is 13.5. The van der Waals surface area contributed by atoms with Crippen LogP contribution in [0.15, 0.2) is 24.3 Å². The Bertz CT molecular complexity index is 361. The molecule has 1 aromatic rings. The molecule has 1 heterocycles. The second-order valence-corrected chi connectivity index (χ2v) is 5.18. The molecule has 1 atom stereocenters. The van der Waals surface area contributed by atoms with Gasteiger partial charge in [0.1, 0.15) is 0 Å². The average Bonchev–Trinajstić information content (AvgIpc) is 2.38. The number of hydrogen-bond acceptors (Lipinski definition) is 3. The molecule has 0 aromatic heterocycles. The molecule has 100 valence electrons. The van der Waals surface area contributed by atoms with Crippen molar-refractivity contribution in [1.29, 1.82) is 0 Å². The Hall–Kier alpha value is -0.900. The lowest BCUT2D eigenvalue weighted by Gasteiger charge is -2.29. The van der Waals surface area contributed by atoms with E-state index < -0.39 is 0 Å². The molecular weight excluding hydrogens is 224 g/mol. The van der Waals surface area contributed by atoms with Gasteiger partial charge in [-0.1, -0.05) is 29.8 Å². The van der Waals surface area contributed by atoms with Crippen molar-refractivity contribution in [3.05, 3.63) is 35.4 Å². The zero-order valence-electron chi connectivity index (χ0n) is 11.5. The largest absolute Gasteiger partial charge is 0.379 e. The minimum Gasteiger partial charge on any atom is -0.379 e. The molecule has 18 heavy (non-hydrogen) atoms. The van der Waals surface area contributed by atoms with E-state index in [0.717, 1.165) is 39.4 Å². The number of nitrogens with one attached hydrogen (secondary N) is 1. The van der Waals surface area contributed by atoms with Gasteiger partial charge in [0.2, 0.25) is 0 Å². The second kappa shape index (κ2) is 6.88. The van der Waals surface area contributed by atoms with Crippen molar-refractivity contribution in [2.24, 2.45) is 0 Å². The normalized spacial score (nSPS) is 18.8. The fourth-order valence-corrected chi connectivity index (χ4v) is 2.35. The Labute approximate surface area is 110 Å². The topological polar surface area (TPSA) is 24.5 Å². The van der Waals surface area contributed by atoms with Crippen molar-refractivity contribution in [3.63, 3.8) is 0 Å². The van der Waals surface area contributed by atoms with Gasteiger partial charge in [-0.15, -0.1) is 0 Å². The van der Waals surface area contributed by atoms with Gasteiger partial charge in [0.25, 0.3) is 0 Å². The fourth-order valence-electron chi connectivity index (χ4n) is 2.35. The number of aryl methyl sites for hydroxylation is 1. The minimum atomic E-state index is 0.517. The van der Waals surface area contributed by atoms with Crippen LogP contribution in [0.5, 0.6) is 0 Å². The Kier molecular flexibility index (Phi) is 5.17. The average molecular weight is 248 g/mol. The maximum atomic E-state index is 5.36. The van der Waals surface area contributed by atoms with Crippen LogP contribution < -0.4 is 5.32 Å². The van der Waals surface area contributed by atoms with E-state index in [1.165, 1.54) is 11.1 Å². The molecule has 0 radical (unpaired) electrons. The molecule has 1 saturated heterocycles. The molecule has 1 aromatic carbocycles. The van der Waals surface area contributed by atoms with Crippen LogP contribution in [-0.4, -0.2) is 43.8 Å². The van der Waals surface area contributed by atoms with Gasteiger partial charge in [0.05, 0.1) is 13.2 Å². The molecule has 2 rings (SSSR count). The monoisotopic (exact) mass is 248 g/mol. The Balaban J connectivity index is 1.72. The van der Waals surface area contributed by atoms with Crippen LogP contribution in [-0.2, 0) is 11.3 Å². The highest BCUT2D eigenvalue weighted by atomic mass is 16.5. The molecule has 3 heteroatoms. The minimum absolute atomic E-state index is 0.517. The third-order valence-corrected chi connectivity index (χ3v) is 3.37. The molecule has 1 aliphatic heterocycles. The third-order valence-electron chi connectivity index (χ3n) is 3.37. The predicted molar refractivity (Wildman–Crippen MR) is 74.7 cm³/mol. The van der Waals surface area contributed by atoms with Crippen molar-refractivity contribution >= 4 is 0 Å². The second-order valence-electron chi connectivity index (χ2n) is 5.18. The first-order valence-electron chi connectivity index (χ1n) is 6.83. The van der Waals surface area contributed by atoms with Crippen LogP contribution in [0.1, 0.15) is 18.1 Å². The summed E-state index contributed by atoms with van der Waals surface area (Å²) in [6.07, 6.45) is 0. The molecule has 0 saturated carbocycles. The van der Waals surface area contributed by atoms with Gasteiger partial charge in [-0.05, 0) is 19.4 Å². The van der Waals surface area contributed by atoms with E-state index in [1.54, 1.807) is 0 Å². The van der Waals surface area contributed by atoms with E-state index in [-0.39, 0.29) is 0 Å². The summed E-state index contributed by atoms with van der Waals surface area (Å²) < 4.78 is 5.36. The summed E-state index contributed by atoms with van der Waals surface area (Å²) in [7, 11) is 0. The lowest BCUT2D eigenvalue weighted by Crippen LogP contribution is -2.44. The smallest absolute Gasteiger partial charge is 0.0594 e. The molecule has 3 nitrogen and oxygen atoms in total. The molecule has 1 N–H and O–H groups in total. The van der Waals surface area contributed by atoms with Crippen LogP contribution >= 0.6 is 0 Å². The third kappa shape index (κ3) is 4.41. The zero-order chi connectivity index (χ0) is 12.8. The molecule has 1 unspecified atom stereocenters. The lowest BCUT2D eigenvalue weighted by atomic mass is 10.1. The quantitative estimate of drug-likeness (QED) is 0.860. The molecule has 0 amide bonds. The summed E-state index contributed by atoms with van der Waals surface area (Å²) >= 11 is 0. The van der Waals surface area contributed by atoms with Crippen molar-refractivity contribution in [2.45, 2.75) is 26.4 Å². The van der Waals surface area contributed by atoms with Gasteiger partial charge in [-0.25, -0.2) is 0 Å². The van der Waals surface area contributed by atoms with Gasteiger partial charge < -0.3 is 10.1 Å². The summed E-state index contributed by atoms with van der Waals surface area (Å²) in [4.78, 5) is 2.47. The summed E-state index contributed by atoms with van der Waals surface area (Å²) in [5.74, 6) is 0. The van der Waals surface area contributed by atoms with Crippen LogP contribution in [0.4, 0.5) is 0 Å². The Morgan fingerprint density at radius 1 is 1.33 bits per heavy atom. The summed E-state index contributed by atoms with van der Waals surface area (Å²) in [6.45, 7) is 10.3. The first-order chi connectivity index (χ1) is 8.74. The number of rotatable bonds is 5. The fraction of sp³-hybridized carbons (Fsp3) is 0.600. The van der Waals surface area contributed by atoms with E-state index in [9.17, 15) is 0 Å². The molecule has 1 aliphatic rings. The van der Waals surface area contributed by atoms with E-state index in [2.05, 4.69) is 48.3 Å². The van der Waals surface area contributed by atoms with E-state index in [1.807, 2.05) is 0 Å². The van der Waals surface area contributed by atoms with Gasteiger partial charge in [0.15, 0.2) is 0 Å². The van der Waals surface area contributed by atoms with Crippen LogP contribution in [0, 0.1) is 6.92 Å². The highest BCUT2D eigenvalue weighted by Crippen LogP contribution is 2.04. The number of hydrogen-bond donors (Lipinski definition) is 1. The summed E-state index contributed by atoms with van der Waals surface area (Å²) in [6, 6.07) is 9.21. The van der Waals surface area contributed by atoms with E-state index in [4.69, 9.17) is 4.74 Å². The highest BCUT2D eigenvalue weighted by molar-refractivity contribution is 5.21. The molecule has 0 aliphatic carbocycles. The number of morpholine rings is 1. The van der Waals surface area contributed by atoms with Crippen molar-refractivity contribution < 1.29 is 4.74 Å². The van der Waals surface area contributed by atoms with Crippen LogP contribution in [0.2, 0.25) is 0 Å². The molecule has 0 spiro atoms. The maximum absolute atomic E-state index is 5.36. The van der Waals surface area contributed by atoms with Gasteiger partial charge in [-0.2, -0.15) is 0 Å². The number of ether oxygens (including phenoxy) is 1. The maximum Gasteiger partial charge on any atom is 0.0594 e. The Morgan fingerprint density at radius 3 is 2.83 bits per heavy atom. The number of benzene rings is 1. The SMILES string of the molecule is Cc1cccc(CNC(C)CN2CCOCC2)c1. The number of nitrogens with zero attached hydrogens (tertiary/aromatic N) is 1. The predicted octanol–water partition coefficient (Wildman–Crippen LogP) is 1.81. The van der Waals surface area contributed by atoms with Gasteiger partial charge in [-0.3, -0.25) is 4.90 Å². The van der Waals surface area contributed by atoms with E-state index >= 15 is 0 Å². The van der Waals surface area contributed by atoms with Crippen LogP contribution in [0.3, 0.4) is 0 Å². The van der Waals surface area contributed by atoms with Crippen molar-refractivity contribution in [2.75, 3.05) is 32.8 Å². The molecule has 0 bridgehead atoms. The zero-order valence-corrected chi connectivity index (χ0v) is 11.5. The molecule has 1 fully saturated rings.